The van der Waals surface area contributed by atoms with Crippen molar-refractivity contribution in [3.05, 3.63) is 0 Å². The standard InChI is InChI=1S/C53H106NO8P/c1-3-5-7-9-11-13-15-17-19-21-23-24-25-26-28-29-31-33-35-37-39-41-43-45-52(55)59-49-51(50-61-63(57,58)60-48-47-54)62-53(56)46-44-42-40-38-36-34-32-30-27-22-20-18-16-14-12-10-8-6-4-2/h51H,3-50,54H2,1-2H3,(H,57,58)/t51-/m1/s1. The van der Waals surface area contributed by atoms with Crippen LogP contribution in [0, 0.1) is 0 Å². The Morgan fingerprint density at radius 1 is 0.413 bits per heavy atom. The monoisotopic (exact) mass is 916 g/mol. The number of ether oxygens (including phenoxy) is 2. The zero-order valence-electron chi connectivity index (χ0n) is 41.8. The Kier molecular flexibility index (Phi) is 49.6. The predicted octanol–water partition coefficient (Wildman–Crippen LogP) is 16.7. The molecule has 0 radical (unpaired) electrons. The number of carbonyl (C=O) groups excluding carboxylic acids is 2. The first-order valence-electron chi connectivity index (χ1n) is 27.5. The summed E-state index contributed by atoms with van der Waals surface area (Å²) in [5, 5.41) is 0. The fraction of sp³-hybridized carbons (Fsp3) is 0.962. The maximum atomic E-state index is 12.7. The van der Waals surface area contributed by atoms with Crippen LogP contribution in [0.15, 0.2) is 0 Å². The molecule has 0 spiro atoms. The molecule has 3 N–H and O–H groups in total. The lowest BCUT2D eigenvalue weighted by atomic mass is 10.0. The van der Waals surface area contributed by atoms with Gasteiger partial charge in [-0.05, 0) is 12.8 Å². The van der Waals surface area contributed by atoms with Gasteiger partial charge >= 0.3 is 19.8 Å². The van der Waals surface area contributed by atoms with Crippen LogP contribution in [0.2, 0.25) is 0 Å². The molecule has 9 nitrogen and oxygen atoms in total. The van der Waals surface area contributed by atoms with Gasteiger partial charge in [-0.2, -0.15) is 0 Å². The van der Waals surface area contributed by atoms with Crippen LogP contribution in [0.25, 0.3) is 0 Å². The van der Waals surface area contributed by atoms with Gasteiger partial charge in [0.1, 0.15) is 6.61 Å². The van der Waals surface area contributed by atoms with Crippen LogP contribution in [0.4, 0.5) is 0 Å². The summed E-state index contributed by atoms with van der Waals surface area (Å²) in [6, 6.07) is 0. The van der Waals surface area contributed by atoms with Crippen molar-refractivity contribution in [1.82, 2.24) is 0 Å². The van der Waals surface area contributed by atoms with E-state index in [0.29, 0.717) is 6.42 Å². The van der Waals surface area contributed by atoms with Crippen LogP contribution in [-0.4, -0.2) is 49.3 Å². The summed E-state index contributed by atoms with van der Waals surface area (Å²) >= 11 is 0. The normalized spacial score (nSPS) is 13.0. The van der Waals surface area contributed by atoms with Crippen molar-refractivity contribution in [2.45, 2.75) is 302 Å². The van der Waals surface area contributed by atoms with Crippen molar-refractivity contribution >= 4 is 19.8 Å². The Hall–Kier alpha value is -0.990. The molecule has 0 bridgehead atoms. The smallest absolute Gasteiger partial charge is 0.462 e. The fourth-order valence-electron chi connectivity index (χ4n) is 8.40. The summed E-state index contributed by atoms with van der Waals surface area (Å²) in [6.07, 6.45) is 54.4. The molecule has 0 saturated carbocycles. The Labute approximate surface area is 390 Å². The number of phosphoric ester groups is 1. The van der Waals surface area contributed by atoms with Gasteiger partial charge in [0.15, 0.2) is 6.10 Å². The molecule has 63 heavy (non-hydrogen) atoms. The van der Waals surface area contributed by atoms with E-state index < -0.39 is 26.5 Å². The van der Waals surface area contributed by atoms with Gasteiger partial charge in [0, 0.05) is 19.4 Å². The molecule has 0 aliphatic heterocycles. The maximum Gasteiger partial charge on any atom is 0.472 e. The lowest BCUT2D eigenvalue weighted by Crippen LogP contribution is -2.29. The highest BCUT2D eigenvalue weighted by Crippen LogP contribution is 2.43. The van der Waals surface area contributed by atoms with Crippen LogP contribution >= 0.6 is 7.82 Å². The van der Waals surface area contributed by atoms with Crippen molar-refractivity contribution in [2.75, 3.05) is 26.4 Å². The van der Waals surface area contributed by atoms with Crippen LogP contribution in [-0.2, 0) is 32.7 Å². The first-order valence-corrected chi connectivity index (χ1v) is 29.0. The minimum Gasteiger partial charge on any atom is -0.462 e. The van der Waals surface area contributed by atoms with Crippen molar-refractivity contribution in [3.8, 4) is 0 Å². The molecule has 0 aromatic heterocycles. The number of esters is 2. The van der Waals surface area contributed by atoms with Gasteiger partial charge in [-0.25, -0.2) is 4.57 Å². The number of hydrogen-bond acceptors (Lipinski definition) is 8. The van der Waals surface area contributed by atoms with E-state index in [1.165, 1.54) is 231 Å². The summed E-state index contributed by atoms with van der Waals surface area (Å²) < 4.78 is 33.0. The third-order valence-electron chi connectivity index (χ3n) is 12.5. The molecule has 0 amide bonds. The van der Waals surface area contributed by atoms with Crippen molar-refractivity contribution in [1.29, 1.82) is 0 Å². The van der Waals surface area contributed by atoms with Crippen LogP contribution in [0.3, 0.4) is 0 Å². The Bertz CT molecular complexity index is 1000. The Morgan fingerprint density at radius 3 is 0.968 bits per heavy atom. The summed E-state index contributed by atoms with van der Waals surface area (Å²) in [6.45, 7) is 3.82. The molecule has 10 heteroatoms. The van der Waals surface area contributed by atoms with E-state index in [0.717, 1.165) is 32.1 Å². The molecule has 0 rings (SSSR count). The van der Waals surface area contributed by atoms with E-state index in [1.807, 2.05) is 0 Å². The fourth-order valence-corrected chi connectivity index (χ4v) is 9.17. The van der Waals surface area contributed by atoms with Gasteiger partial charge in [-0.3, -0.25) is 18.6 Å². The molecule has 0 aliphatic carbocycles. The molecular weight excluding hydrogens is 810 g/mol. The average Bonchev–Trinajstić information content (AvgIpc) is 3.27. The third-order valence-corrected chi connectivity index (χ3v) is 13.5. The predicted molar refractivity (Wildman–Crippen MR) is 266 cm³/mol. The second-order valence-electron chi connectivity index (χ2n) is 18.8. The number of hydrogen-bond donors (Lipinski definition) is 2. The number of phosphoric acid groups is 1. The number of carbonyl (C=O) groups is 2. The van der Waals surface area contributed by atoms with Gasteiger partial charge in [0.05, 0.1) is 13.2 Å². The molecule has 0 aromatic carbocycles. The second kappa shape index (κ2) is 50.4. The molecule has 0 fully saturated rings. The molecule has 0 aliphatic rings. The van der Waals surface area contributed by atoms with E-state index in [9.17, 15) is 19.0 Å². The molecule has 0 heterocycles. The van der Waals surface area contributed by atoms with Gasteiger partial charge in [-0.15, -0.1) is 0 Å². The minimum absolute atomic E-state index is 0.0585. The lowest BCUT2D eigenvalue weighted by molar-refractivity contribution is -0.161. The third kappa shape index (κ3) is 50.3. The van der Waals surface area contributed by atoms with Crippen LogP contribution in [0.1, 0.15) is 296 Å². The topological polar surface area (TPSA) is 134 Å². The lowest BCUT2D eigenvalue weighted by Gasteiger charge is -2.19. The maximum absolute atomic E-state index is 12.7. The summed E-state index contributed by atoms with van der Waals surface area (Å²) in [7, 11) is -4.38. The van der Waals surface area contributed by atoms with E-state index in [1.54, 1.807) is 0 Å². The molecule has 0 aromatic rings. The highest BCUT2D eigenvalue weighted by molar-refractivity contribution is 7.47. The molecule has 2 atom stereocenters. The van der Waals surface area contributed by atoms with E-state index in [2.05, 4.69) is 13.8 Å². The summed E-state index contributed by atoms with van der Waals surface area (Å²) in [5.41, 5.74) is 5.37. The van der Waals surface area contributed by atoms with Gasteiger partial charge < -0.3 is 20.1 Å². The SMILES string of the molecule is CCCCCCCCCCCCCCCCCCCCCCCCCC(=O)OC[C@H](COP(=O)(O)OCCN)OC(=O)CCCCCCCCCCCCCCCCCCCCC. The first kappa shape index (κ1) is 62.0. The average molecular weight is 916 g/mol. The molecule has 376 valence electrons. The highest BCUT2D eigenvalue weighted by Gasteiger charge is 2.26. The molecular formula is C53H106NO8P. The van der Waals surface area contributed by atoms with Crippen molar-refractivity contribution in [2.24, 2.45) is 5.73 Å². The summed E-state index contributed by atoms with van der Waals surface area (Å²) in [5.74, 6) is -0.804. The number of rotatable bonds is 53. The second-order valence-corrected chi connectivity index (χ2v) is 20.3. The largest absolute Gasteiger partial charge is 0.472 e. The molecule has 1 unspecified atom stereocenters. The van der Waals surface area contributed by atoms with Crippen LogP contribution < -0.4 is 5.73 Å². The van der Waals surface area contributed by atoms with E-state index in [4.69, 9.17) is 24.3 Å². The van der Waals surface area contributed by atoms with E-state index in [-0.39, 0.29) is 38.6 Å². The van der Waals surface area contributed by atoms with Gasteiger partial charge in [-0.1, -0.05) is 271 Å². The Balaban J connectivity index is 3.93. The number of unbranched alkanes of at least 4 members (excludes halogenated alkanes) is 40. The minimum atomic E-state index is -4.38. The first-order chi connectivity index (χ1) is 30.8. The zero-order valence-corrected chi connectivity index (χ0v) is 42.7. The van der Waals surface area contributed by atoms with E-state index >= 15 is 0 Å². The number of nitrogens with two attached hydrogens (primary N) is 1. The summed E-state index contributed by atoms with van der Waals surface area (Å²) in [4.78, 5) is 35.1. The van der Waals surface area contributed by atoms with Crippen LogP contribution in [0.5, 0.6) is 0 Å². The van der Waals surface area contributed by atoms with Crippen molar-refractivity contribution < 1.29 is 37.6 Å². The van der Waals surface area contributed by atoms with Gasteiger partial charge in [0.2, 0.25) is 0 Å². The zero-order chi connectivity index (χ0) is 46.0. The molecule has 0 saturated heterocycles. The van der Waals surface area contributed by atoms with Gasteiger partial charge in [0.25, 0.3) is 0 Å². The Morgan fingerprint density at radius 2 is 0.683 bits per heavy atom. The van der Waals surface area contributed by atoms with Crippen molar-refractivity contribution in [3.63, 3.8) is 0 Å². The quantitative estimate of drug-likeness (QED) is 0.0347. The highest BCUT2D eigenvalue weighted by atomic mass is 31.2.